The first-order chi connectivity index (χ1) is 12.6. The molecule has 1 unspecified atom stereocenters. The number of aliphatic hydroxyl groups is 1. The van der Waals surface area contributed by atoms with Crippen molar-refractivity contribution in [2.45, 2.75) is 32.3 Å². The molecule has 5 heteroatoms. The van der Waals surface area contributed by atoms with Crippen LogP contribution < -0.4 is 14.2 Å². The van der Waals surface area contributed by atoms with Gasteiger partial charge in [-0.2, -0.15) is 0 Å². The van der Waals surface area contributed by atoms with Crippen LogP contribution in [0.15, 0.2) is 42.5 Å². The van der Waals surface area contributed by atoms with E-state index in [2.05, 4.69) is 0 Å². The number of ketones is 1. The maximum Gasteiger partial charge on any atom is 0.169 e. The molecule has 0 aliphatic heterocycles. The van der Waals surface area contributed by atoms with E-state index >= 15 is 0 Å². The normalized spacial score (nSPS) is 11.7. The van der Waals surface area contributed by atoms with Crippen molar-refractivity contribution in [3.05, 3.63) is 53.6 Å². The first-order valence-corrected chi connectivity index (χ1v) is 8.70. The fraction of sp³-hybridized carbons (Fsp3) is 0.381. The molecule has 0 aliphatic carbocycles. The summed E-state index contributed by atoms with van der Waals surface area (Å²) in [6.07, 6.45) is 1.09. The zero-order chi connectivity index (χ0) is 18.9. The molecule has 2 aromatic carbocycles. The second kappa shape index (κ2) is 9.82. The van der Waals surface area contributed by atoms with Gasteiger partial charge in [0, 0.05) is 6.42 Å². The Kier molecular flexibility index (Phi) is 7.48. The lowest BCUT2D eigenvalue weighted by Crippen LogP contribution is -2.09. The van der Waals surface area contributed by atoms with Crippen molar-refractivity contribution in [3.8, 4) is 17.2 Å². The molecule has 1 atom stereocenters. The Bertz CT molecular complexity index is 726. The van der Waals surface area contributed by atoms with Gasteiger partial charge in [-0.3, -0.25) is 4.79 Å². The summed E-state index contributed by atoms with van der Waals surface area (Å²) in [6, 6.07) is 13.0. The summed E-state index contributed by atoms with van der Waals surface area (Å²) in [5.74, 6) is 2.00. The van der Waals surface area contributed by atoms with Crippen LogP contribution in [0.4, 0.5) is 0 Å². The molecular formula is C21H26O5. The predicted molar refractivity (Wildman–Crippen MR) is 100 cm³/mol. The van der Waals surface area contributed by atoms with Gasteiger partial charge in [0.25, 0.3) is 0 Å². The number of carbonyl (C=O) groups excluding carboxylic acids is 1. The second-order valence-electron chi connectivity index (χ2n) is 6.00. The van der Waals surface area contributed by atoms with Gasteiger partial charge < -0.3 is 19.3 Å². The van der Waals surface area contributed by atoms with Crippen LogP contribution in [0.5, 0.6) is 17.2 Å². The molecule has 0 saturated heterocycles. The molecule has 0 heterocycles. The van der Waals surface area contributed by atoms with Gasteiger partial charge in [-0.25, -0.2) is 0 Å². The summed E-state index contributed by atoms with van der Waals surface area (Å²) in [7, 11) is 3.20. The maximum absolute atomic E-state index is 11.4. The molecule has 0 amide bonds. The van der Waals surface area contributed by atoms with E-state index in [1.807, 2.05) is 30.3 Å². The highest BCUT2D eigenvalue weighted by atomic mass is 16.5. The van der Waals surface area contributed by atoms with Crippen molar-refractivity contribution in [2.75, 3.05) is 20.8 Å². The molecule has 0 aliphatic rings. The molecule has 26 heavy (non-hydrogen) atoms. The van der Waals surface area contributed by atoms with Gasteiger partial charge in [-0.15, -0.1) is 0 Å². The average Bonchev–Trinajstić information content (AvgIpc) is 2.69. The number of ether oxygens (including phenoxy) is 3. The summed E-state index contributed by atoms with van der Waals surface area (Å²) in [6.45, 7) is 1.86. The molecule has 2 aromatic rings. The summed E-state index contributed by atoms with van der Waals surface area (Å²) < 4.78 is 16.0. The van der Waals surface area contributed by atoms with Crippen LogP contribution in [-0.4, -0.2) is 31.7 Å². The van der Waals surface area contributed by atoms with E-state index in [0.717, 1.165) is 11.1 Å². The van der Waals surface area contributed by atoms with Crippen molar-refractivity contribution in [1.29, 1.82) is 0 Å². The smallest absolute Gasteiger partial charge is 0.169 e. The van der Waals surface area contributed by atoms with Crippen molar-refractivity contribution < 1.29 is 24.1 Å². The number of Topliss-reactive ketones (excluding diaryl/α,β-unsaturated/α-hetero) is 1. The molecule has 0 aromatic heterocycles. The van der Waals surface area contributed by atoms with E-state index in [1.54, 1.807) is 33.3 Å². The number of methoxy groups -OCH3 is 2. The maximum atomic E-state index is 11.4. The Morgan fingerprint density at radius 2 is 1.85 bits per heavy atom. The van der Waals surface area contributed by atoms with Crippen LogP contribution in [-0.2, 0) is 11.2 Å². The third-order valence-corrected chi connectivity index (χ3v) is 4.19. The van der Waals surface area contributed by atoms with E-state index < -0.39 is 6.10 Å². The number of hydrogen-bond donors (Lipinski definition) is 1. The number of carbonyl (C=O) groups is 1. The average molecular weight is 358 g/mol. The summed E-state index contributed by atoms with van der Waals surface area (Å²) in [5, 5.41) is 10.5. The minimum Gasteiger partial charge on any atom is -0.493 e. The highest BCUT2D eigenvalue weighted by Crippen LogP contribution is 2.29. The van der Waals surface area contributed by atoms with Gasteiger partial charge in [0.15, 0.2) is 17.3 Å². The van der Waals surface area contributed by atoms with E-state index in [1.165, 1.54) is 0 Å². The van der Waals surface area contributed by atoms with Crippen LogP contribution in [0.25, 0.3) is 0 Å². The lowest BCUT2D eigenvalue weighted by atomic mass is 10.0. The monoisotopic (exact) mass is 358 g/mol. The van der Waals surface area contributed by atoms with Crippen LogP contribution in [0.2, 0.25) is 0 Å². The minimum absolute atomic E-state index is 0.0457. The van der Waals surface area contributed by atoms with Crippen molar-refractivity contribution in [1.82, 2.24) is 0 Å². The van der Waals surface area contributed by atoms with E-state index in [0.29, 0.717) is 36.5 Å². The molecule has 2 rings (SSSR count). The third kappa shape index (κ3) is 5.49. The largest absolute Gasteiger partial charge is 0.493 e. The zero-order valence-electron chi connectivity index (χ0n) is 15.5. The van der Waals surface area contributed by atoms with Crippen LogP contribution in [0.3, 0.4) is 0 Å². The van der Waals surface area contributed by atoms with E-state index in [4.69, 9.17) is 14.2 Å². The summed E-state index contributed by atoms with van der Waals surface area (Å²) >= 11 is 0. The molecular weight excluding hydrogens is 332 g/mol. The lowest BCUT2D eigenvalue weighted by molar-refractivity contribution is -0.120. The Balaban J connectivity index is 1.97. The van der Waals surface area contributed by atoms with Gasteiger partial charge in [0.05, 0.1) is 20.3 Å². The third-order valence-electron chi connectivity index (χ3n) is 4.19. The number of rotatable bonds is 10. The van der Waals surface area contributed by atoms with Crippen molar-refractivity contribution in [3.63, 3.8) is 0 Å². The van der Waals surface area contributed by atoms with Crippen LogP contribution >= 0.6 is 0 Å². The molecule has 0 fully saturated rings. The SMILES string of the molecule is CCC(=O)COc1cccc(C(O)CCc2ccc(OC)c(OC)c2)c1. The molecule has 0 bridgehead atoms. The zero-order valence-corrected chi connectivity index (χ0v) is 15.5. The Morgan fingerprint density at radius 1 is 1.08 bits per heavy atom. The van der Waals surface area contributed by atoms with Crippen LogP contribution in [0.1, 0.15) is 37.0 Å². The standard InChI is InChI=1S/C21H26O5/c1-4-17(22)14-26-18-7-5-6-16(13-18)19(23)10-8-15-9-11-20(24-2)21(12-15)25-3/h5-7,9,11-13,19,23H,4,8,10,14H2,1-3H3. The van der Waals surface area contributed by atoms with Crippen molar-refractivity contribution in [2.24, 2.45) is 0 Å². The first kappa shape index (κ1) is 19.8. The number of aryl methyl sites for hydroxylation is 1. The van der Waals surface area contributed by atoms with Gasteiger partial charge in [0.1, 0.15) is 12.4 Å². The number of hydrogen-bond acceptors (Lipinski definition) is 5. The van der Waals surface area contributed by atoms with Gasteiger partial charge in [0.2, 0.25) is 0 Å². The first-order valence-electron chi connectivity index (χ1n) is 8.70. The second-order valence-corrected chi connectivity index (χ2v) is 6.00. The highest BCUT2D eigenvalue weighted by Gasteiger charge is 2.11. The molecule has 5 nitrogen and oxygen atoms in total. The van der Waals surface area contributed by atoms with Crippen molar-refractivity contribution >= 4 is 5.78 Å². The Labute approximate surface area is 154 Å². The number of aliphatic hydroxyl groups excluding tert-OH is 1. The van der Waals surface area contributed by atoms with E-state index in [-0.39, 0.29) is 12.4 Å². The molecule has 0 saturated carbocycles. The number of benzene rings is 2. The fourth-order valence-corrected chi connectivity index (χ4v) is 2.58. The lowest BCUT2D eigenvalue weighted by Gasteiger charge is -2.14. The van der Waals surface area contributed by atoms with Gasteiger partial charge in [-0.05, 0) is 48.2 Å². The topological polar surface area (TPSA) is 65.0 Å². The highest BCUT2D eigenvalue weighted by molar-refractivity contribution is 5.79. The van der Waals surface area contributed by atoms with Gasteiger partial charge >= 0.3 is 0 Å². The Morgan fingerprint density at radius 3 is 2.54 bits per heavy atom. The summed E-state index contributed by atoms with van der Waals surface area (Å²) in [4.78, 5) is 11.4. The van der Waals surface area contributed by atoms with Crippen LogP contribution in [0, 0.1) is 0 Å². The van der Waals surface area contributed by atoms with Gasteiger partial charge in [-0.1, -0.05) is 25.1 Å². The fourth-order valence-electron chi connectivity index (χ4n) is 2.58. The molecule has 1 N–H and O–H groups in total. The molecule has 140 valence electrons. The Hall–Kier alpha value is -2.53. The predicted octanol–water partition coefficient (Wildman–Crippen LogP) is 3.73. The molecule has 0 spiro atoms. The quantitative estimate of drug-likeness (QED) is 0.701. The van der Waals surface area contributed by atoms with E-state index in [9.17, 15) is 9.90 Å². The molecule has 0 radical (unpaired) electrons. The summed E-state index contributed by atoms with van der Waals surface area (Å²) in [5.41, 5.74) is 1.83. The minimum atomic E-state index is -0.617.